The molecule has 7 nitrogen and oxygen atoms in total. The van der Waals surface area contributed by atoms with Crippen molar-refractivity contribution in [3.8, 4) is 5.75 Å². The Morgan fingerprint density at radius 3 is 2.50 bits per heavy atom. The number of amides is 1. The fourth-order valence-corrected chi connectivity index (χ4v) is 2.87. The van der Waals surface area contributed by atoms with Crippen LogP contribution >= 0.6 is 0 Å². The van der Waals surface area contributed by atoms with Crippen molar-refractivity contribution in [3.05, 3.63) is 77.6 Å². The summed E-state index contributed by atoms with van der Waals surface area (Å²) in [5.74, 6) is -1.08. The highest BCUT2D eigenvalue weighted by Gasteiger charge is 2.31. The number of alkyl halides is 3. The Morgan fingerprint density at radius 2 is 1.78 bits per heavy atom. The third kappa shape index (κ3) is 7.22. The molecule has 0 saturated carbocycles. The molecule has 3 rings (SSSR count). The van der Waals surface area contributed by atoms with E-state index in [1.165, 1.54) is 18.2 Å². The SMILES string of the molecule is O=C(OCCCCn1cc(C(=O)NCc2cccc(OC(F)(F)F)c2)[nH]1)c1ccccc1. The van der Waals surface area contributed by atoms with E-state index in [-0.39, 0.29) is 24.2 Å². The summed E-state index contributed by atoms with van der Waals surface area (Å²) in [7, 11) is 0. The topological polar surface area (TPSA) is 85.3 Å². The second-order valence-electron chi connectivity index (χ2n) is 6.93. The number of aromatic nitrogens is 2. The van der Waals surface area contributed by atoms with Gasteiger partial charge >= 0.3 is 12.3 Å². The third-order valence-electron chi connectivity index (χ3n) is 4.41. The van der Waals surface area contributed by atoms with Crippen LogP contribution in [0.2, 0.25) is 0 Å². The van der Waals surface area contributed by atoms with E-state index in [9.17, 15) is 22.8 Å². The number of carbonyl (C=O) groups is 2. The number of nitrogens with zero attached hydrogens (tertiary/aromatic N) is 1. The first-order valence-electron chi connectivity index (χ1n) is 9.90. The summed E-state index contributed by atoms with van der Waals surface area (Å²) in [6.07, 6.45) is -1.72. The molecule has 0 radical (unpaired) electrons. The minimum absolute atomic E-state index is 0.0553. The minimum Gasteiger partial charge on any atom is -0.462 e. The van der Waals surface area contributed by atoms with E-state index in [4.69, 9.17) is 4.74 Å². The van der Waals surface area contributed by atoms with Crippen LogP contribution < -0.4 is 10.1 Å². The van der Waals surface area contributed by atoms with Gasteiger partial charge in [-0.25, -0.2) is 4.79 Å². The van der Waals surface area contributed by atoms with Crippen LogP contribution in [0.3, 0.4) is 0 Å². The second kappa shape index (κ2) is 10.6. The minimum atomic E-state index is -4.77. The third-order valence-corrected chi connectivity index (χ3v) is 4.41. The van der Waals surface area contributed by atoms with Gasteiger partial charge in [0.15, 0.2) is 0 Å². The predicted molar refractivity (Wildman–Crippen MR) is 109 cm³/mol. The Labute approximate surface area is 182 Å². The maximum Gasteiger partial charge on any atom is 0.573 e. The second-order valence-corrected chi connectivity index (χ2v) is 6.93. The number of unbranched alkanes of at least 4 members (excludes halogenated alkanes) is 1. The van der Waals surface area contributed by atoms with Crippen molar-refractivity contribution in [1.29, 1.82) is 0 Å². The van der Waals surface area contributed by atoms with Gasteiger partial charge in [0.25, 0.3) is 5.91 Å². The molecule has 170 valence electrons. The lowest BCUT2D eigenvalue weighted by molar-refractivity contribution is -0.274. The largest absolute Gasteiger partial charge is 0.573 e. The number of aromatic amines is 1. The molecule has 0 aliphatic heterocycles. The van der Waals surface area contributed by atoms with Gasteiger partial charge in [0.05, 0.1) is 18.4 Å². The molecule has 1 aromatic heterocycles. The summed E-state index contributed by atoms with van der Waals surface area (Å²) in [6.45, 7) is 0.978. The highest BCUT2D eigenvalue weighted by atomic mass is 19.4. The zero-order valence-electron chi connectivity index (χ0n) is 17.0. The van der Waals surface area contributed by atoms with Gasteiger partial charge in [0, 0.05) is 13.1 Å². The Hall–Kier alpha value is -3.69. The van der Waals surface area contributed by atoms with Gasteiger partial charge in [-0.3, -0.25) is 14.6 Å². The van der Waals surface area contributed by atoms with Gasteiger partial charge in [-0.1, -0.05) is 30.3 Å². The normalized spacial score (nSPS) is 11.2. The lowest BCUT2D eigenvalue weighted by atomic mass is 10.2. The highest BCUT2D eigenvalue weighted by Crippen LogP contribution is 2.23. The number of benzene rings is 2. The van der Waals surface area contributed by atoms with Crippen molar-refractivity contribution in [1.82, 2.24) is 15.1 Å². The molecule has 2 N–H and O–H groups in total. The van der Waals surface area contributed by atoms with Crippen molar-refractivity contribution < 1.29 is 32.2 Å². The summed E-state index contributed by atoms with van der Waals surface area (Å²) in [6, 6.07) is 14.2. The standard InChI is InChI=1S/C22H22F3N3O4/c23-22(24,25)32-18-10-6-7-16(13-18)14-26-20(29)19-15-28(27-19)11-4-5-12-31-21(30)17-8-2-1-3-9-17/h1-3,6-10,13,15,27H,4-5,11-12,14H2,(H,26,29). The predicted octanol–water partition coefficient (Wildman–Crippen LogP) is 4.28. The van der Waals surface area contributed by atoms with Crippen molar-refractivity contribution in [2.75, 3.05) is 6.61 Å². The highest BCUT2D eigenvalue weighted by molar-refractivity contribution is 5.92. The molecule has 0 fully saturated rings. The van der Waals surface area contributed by atoms with Crippen LogP contribution in [-0.2, 0) is 17.8 Å². The molecule has 10 heteroatoms. The zero-order chi connectivity index (χ0) is 23.0. The van der Waals surface area contributed by atoms with Crippen LogP contribution in [-0.4, -0.2) is 34.6 Å². The molecule has 1 amide bonds. The number of ether oxygens (including phenoxy) is 2. The van der Waals surface area contributed by atoms with Gasteiger partial charge in [-0.2, -0.15) is 0 Å². The molecule has 0 spiro atoms. The Bertz CT molecular complexity index is 1020. The molecule has 32 heavy (non-hydrogen) atoms. The van der Waals surface area contributed by atoms with E-state index in [1.807, 2.05) is 6.07 Å². The monoisotopic (exact) mass is 449 g/mol. The van der Waals surface area contributed by atoms with Crippen molar-refractivity contribution >= 4 is 11.9 Å². The summed E-state index contributed by atoms with van der Waals surface area (Å²) in [5, 5.41) is 5.51. The van der Waals surface area contributed by atoms with Gasteiger partial charge < -0.3 is 14.8 Å². The van der Waals surface area contributed by atoms with Gasteiger partial charge in [-0.05, 0) is 42.7 Å². The molecule has 2 aromatic carbocycles. The molecule has 0 aliphatic carbocycles. The van der Waals surface area contributed by atoms with E-state index in [0.29, 0.717) is 36.4 Å². The summed E-state index contributed by atoms with van der Waals surface area (Å²) in [4.78, 5) is 23.9. The van der Waals surface area contributed by atoms with Crippen LogP contribution in [0.4, 0.5) is 13.2 Å². The maximum atomic E-state index is 12.3. The lowest BCUT2D eigenvalue weighted by Gasteiger charge is -2.16. The van der Waals surface area contributed by atoms with Crippen molar-refractivity contribution in [2.24, 2.45) is 0 Å². The lowest BCUT2D eigenvalue weighted by Crippen LogP contribution is -2.28. The quantitative estimate of drug-likeness (QED) is 0.357. The van der Waals surface area contributed by atoms with Crippen LogP contribution in [0, 0.1) is 0 Å². The number of carbonyl (C=O) groups excluding carboxylic acids is 2. The zero-order valence-corrected chi connectivity index (χ0v) is 17.0. The van der Waals surface area contributed by atoms with Crippen molar-refractivity contribution in [3.63, 3.8) is 0 Å². The first-order chi connectivity index (χ1) is 15.3. The van der Waals surface area contributed by atoms with Crippen LogP contribution in [0.15, 0.2) is 60.8 Å². The Morgan fingerprint density at radius 1 is 1.03 bits per heavy atom. The number of hydrogen-bond donors (Lipinski definition) is 2. The fourth-order valence-electron chi connectivity index (χ4n) is 2.87. The summed E-state index contributed by atoms with van der Waals surface area (Å²) < 4.78 is 47.7. The molecule has 1 heterocycles. The van der Waals surface area contributed by atoms with E-state index in [1.54, 1.807) is 41.2 Å². The number of hydrogen-bond acceptors (Lipinski definition) is 4. The van der Waals surface area contributed by atoms with E-state index in [2.05, 4.69) is 15.2 Å². The molecular weight excluding hydrogens is 427 g/mol. The molecule has 0 unspecified atom stereocenters. The molecule has 0 atom stereocenters. The number of rotatable bonds is 10. The fraction of sp³-hybridized carbons (Fsp3) is 0.273. The average Bonchev–Trinajstić information content (AvgIpc) is 2.72. The van der Waals surface area contributed by atoms with Crippen molar-refractivity contribution in [2.45, 2.75) is 32.3 Å². The number of nitrogens with one attached hydrogen (secondary N) is 2. The van der Waals surface area contributed by atoms with Gasteiger partial charge in [0.1, 0.15) is 11.4 Å². The van der Waals surface area contributed by atoms with E-state index >= 15 is 0 Å². The molecule has 0 bridgehead atoms. The van der Waals surface area contributed by atoms with Gasteiger partial charge in [-0.15, -0.1) is 13.2 Å². The smallest absolute Gasteiger partial charge is 0.462 e. The Balaban J connectivity index is 1.33. The first-order valence-corrected chi connectivity index (χ1v) is 9.90. The average molecular weight is 449 g/mol. The van der Waals surface area contributed by atoms with Crippen LogP contribution in [0.25, 0.3) is 0 Å². The molecule has 0 saturated heterocycles. The molecule has 3 aromatic rings. The molecular formula is C22H22F3N3O4. The first kappa shape index (κ1) is 23.0. The summed E-state index contributed by atoms with van der Waals surface area (Å²) >= 11 is 0. The Kier molecular flexibility index (Phi) is 7.58. The van der Waals surface area contributed by atoms with Gasteiger partial charge in [0.2, 0.25) is 0 Å². The molecule has 0 aliphatic rings. The number of aryl methyl sites for hydroxylation is 1. The maximum absolute atomic E-state index is 12.3. The number of H-pyrrole nitrogens is 1. The number of esters is 1. The van der Waals surface area contributed by atoms with E-state index in [0.717, 1.165) is 6.42 Å². The summed E-state index contributed by atoms with van der Waals surface area (Å²) in [5.41, 5.74) is 1.33. The van der Waals surface area contributed by atoms with Crippen LogP contribution in [0.5, 0.6) is 5.75 Å². The van der Waals surface area contributed by atoms with Crippen LogP contribution in [0.1, 0.15) is 39.3 Å². The number of halogens is 3. The van der Waals surface area contributed by atoms with E-state index < -0.39 is 6.36 Å².